The van der Waals surface area contributed by atoms with Gasteiger partial charge in [-0.3, -0.25) is 14.9 Å². The smallest absolute Gasteiger partial charge is 0.291 e. The molecule has 0 bridgehead atoms. The van der Waals surface area contributed by atoms with Gasteiger partial charge in [0, 0.05) is 17.2 Å². The van der Waals surface area contributed by atoms with Crippen LogP contribution in [0.25, 0.3) is 0 Å². The molecule has 0 saturated carbocycles. The van der Waals surface area contributed by atoms with E-state index in [1.807, 2.05) is 6.07 Å². The van der Waals surface area contributed by atoms with Crippen LogP contribution in [0.2, 0.25) is 10.0 Å². The molecule has 146 valence electrons. The van der Waals surface area contributed by atoms with Crippen molar-refractivity contribution in [2.24, 2.45) is 0 Å². The molecule has 0 aliphatic carbocycles. The lowest BCUT2D eigenvalue weighted by Gasteiger charge is -2.07. The average Bonchev–Trinajstić information content (AvgIpc) is 3.16. The van der Waals surface area contributed by atoms with E-state index in [2.05, 4.69) is 5.32 Å². The summed E-state index contributed by atoms with van der Waals surface area (Å²) in [6, 6.07) is 13.1. The second-order valence-electron chi connectivity index (χ2n) is 5.68. The van der Waals surface area contributed by atoms with Crippen LogP contribution in [0.15, 0.2) is 52.9 Å². The van der Waals surface area contributed by atoms with Crippen LogP contribution >= 0.6 is 23.2 Å². The first-order valence-corrected chi connectivity index (χ1v) is 8.79. The Morgan fingerprint density at radius 2 is 2.00 bits per heavy atom. The van der Waals surface area contributed by atoms with Gasteiger partial charge in [0.2, 0.25) is 0 Å². The van der Waals surface area contributed by atoms with Crippen LogP contribution in [-0.4, -0.2) is 10.8 Å². The summed E-state index contributed by atoms with van der Waals surface area (Å²) in [4.78, 5) is 22.5. The summed E-state index contributed by atoms with van der Waals surface area (Å²) in [6.45, 7) is 0.0234. The minimum Gasteiger partial charge on any atom is -0.484 e. The van der Waals surface area contributed by atoms with Crippen molar-refractivity contribution in [3.63, 3.8) is 0 Å². The molecule has 3 aromatic rings. The zero-order valence-corrected chi connectivity index (χ0v) is 16.0. The number of nitrogens with one attached hydrogen (secondary N) is 1. The third-order valence-electron chi connectivity index (χ3n) is 3.73. The quantitative estimate of drug-likeness (QED) is 0.423. The molecule has 0 spiro atoms. The highest BCUT2D eigenvalue weighted by atomic mass is 35.5. The lowest BCUT2D eigenvalue weighted by Crippen LogP contribution is -2.12. The Morgan fingerprint density at radius 1 is 1.21 bits per heavy atom. The predicted octanol–water partition coefficient (Wildman–Crippen LogP) is 5.20. The zero-order chi connectivity index (χ0) is 21.0. The number of nitrogens with zero attached hydrogens (tertiary/aromatic N) is 2. The highest BCUT2D eigenvalue weighted by molar-refractivity contribution is 6.35. The van der Waals surface area contributed by atoms with Gasteiger partial charge in [0.25, 0.3) is 11.6 Å². The van der Waals surface area contributed by atoms with Crippen molar-refractivity contribution in [2.45, 2.75) is 6.61 Å². The number of benzene rings is 2. The van der Waals surface area contributed by atoms with Gasteiger partial charge >= 0.3 is 0 Å². The van der Waals surface area contributed by atoms with Gasteiger partial charge in [0.1, 0.15) is 24.2 Å². The van der Waals surface area contributed by atoms with Crippen LogP contribution in [0.5, 0.6) is 5.75 Å². The van der Waals surface area contributed by atoms with E-state index in [0.29, 0.717) is 21.6 Å². The summed E-state index contributed by atoms with van der Waals surface area (Å²) in [5.41, 5.74) is -0.164. The number of amides is 1. The Morgan fingerprint density at radius 3 is 2.69 bits per heavy atom. The summed E-state index contributed by atoms with van der Waals surface area (Å²) in [5, 5.41) is 23.2. The van der Waals surface area contributed by atoms with E-state index in [1.165, 1.54) is 24.3 Å². The molecule has 1 amide bonds. The number of hydrogen-bond donors (Lipinski definition) is 1. The van der Waals surface area contributed by atoms with Crippen molar-refractivity contribution in [3.05, 3.63) is 85.8 Å². The van der Waals surface area contributed by atoms with Gasteiger partial charge in [-0.15, -0.1) is 0 Å². The van der Waals surface area contributed by atoms with Crippen LogP contribution in [0.3, 0.4) is 0 Å². The van der Waals surface area contributed by atoms with Gasteiger partial charge < -0.3 is 14.5 Å². The van der Waals surface area contributed by atoms with E-state index >= 15 is 0 Å². The molecule has 29 heavy (non-hydrogen) atoms. The molecule has 10 heteroatoms. The van der Waals surface area contributed by atoms with Crippen molar-refractivity contribution >= 4 is 40.5 Å². The third kappa shape index (κ3) is 4.85. The fourth-order valence-electron chi connectivity index (χ4n) is 2.35. The predicted molar refractivity (Wildman–Crippen MR) is 105 cm³/mol. The molecule has 2 aromatic carbocycles. The minimum atomic E-state index is -0.627. The molecule has 0 saturated heterocycles. The van der Waals surface area contributed by atoms with Gasteiger partial charge in [-0.25, -0.2) is 0 Å². The summed E-state index contributed by atoms with van der Waals surface area (Å²) in [7, 11) is 0. The summed E-state index contributed by atoms with van der Waals surface area (Å²) in [6.07, 6.45) is 0. The standard InChI is InChI=1S/C19H11Cl2N3O5/c20-12-1-5-17(15(21)8-12)28-10-14-3-6-18(29-14)19(25)23-16-4-2-13(24(26)27)7-11(16)9-22/h1-8H,10H2,(H,23,25). The molecule has 0 atom stereocenters. The van der Waals surface area contributed by atoms with Crippen LogP contribution in [0, 0.1) is 21.4 Å². The fourth-order valence-corrected chi connectivity index (χ4v) is 2.81. The number of ether oxygens (including phenoxy) is 1. The van der Waals surface area contributed by atoms with E-state index in [9.17, 15) is 14.9 Å². The average molecular weight is 432 g/mol. The first-order valence-electron chi connectivity index (χ1n) is 8.04. The highest BCUT2D eigenvalue weighted by Crippen LogP contribution is 2.28. The number of carbonyl (C=O) groups excluding carboxylic acids is 1. The van der Waals surface area contributed by atoms with Crippen molar-refractivity contribution in [3.8, 4) is 11.8 Å². The van der Waals surface area contributed by atoms with Crippen LogP contribution < -0.4 is 10.1 Å². The Hall–Kier alpha value is -3.54. The number of non-ortho nitro benzene ring substituents is 1. The molecule has 3 rings (SSSR count). The molecular formula is C19H11Cl2N3O5. The zero-order valence-electron chi connectivity index (χ0n) is 14.5. The lowest BCUT2D eigenvalue weighted by molar-refractivity contribution is -0.384. The molecule has 0 radical (unpaired) electrons. The number of nitriles is 1. The number of hydrogen-bond acceptors (Lipinski definition) is 6. The van der Waals surface area contributed by atoms with Gasteiger partial charge in [-0.2, -0.15) is 5.26 Å². The van der Waals surface area contributed by atoms with Crippen molar-refractivity contribution in [2.75, 3.05) is 5.32 Å². The van der Waals surface area contributed by atoms with Crippen molar-refractivity contribution < 1.29 is 18.9 Å². The largest absolute Gasteiger partial charge is 0.484 e. The van der Waals surface area contributed by atoms with Gasteiger partial charge in [-0.05, 0) is 36.4 Å². The fraction of sp³-hybridized carbons (Fsp3) is 0.0526. The Kier molecular flexibility index (Phi) is 6.02. The molecule has 0 fully saturated rings. The number of furan rings is 1. The van der Waals surface area contributed by atoms with Gasteiger partial charge in [-0.1, -0.05) is 23.2 Å². The van der Waals surface area contributed by atoms with Crippen LogP contribution in [0.1, 0.15) is 21.9 Å². The third-order valence-corrected chi connectivity index (χ3v) is 4.26. The maximum absolute atomic E-state index is 12.4. The summed E-state index contributed by atoms with van der Waals surface area (Å²) in [5.74, 6) is 0.132. The van der Waals surface area contributed by atoms with E-state index in [-0.39, 0.29) is 29.3 Å². The minimum absolute atomic E-state index is 0.0203. The number of nitro benzene ring substituents is 1. The highest BCUT2D eigenvalue weighted by Gasteiger charge is 2.16. The van der Waals surface area contributed by atoms with Gasteiger partial charge in [0.05, 0.1) is 21.2 Å². The normalized spacial score (nSPS) is 10.2. The Labute approximate surface area is 174 Å². The van der Waals surface area contributed by atoms with E-state index < -0.39 is 10.8 Å². The number of carbonyl (C=O) groups is 1. The molecular weight excluding hydrogens is 421 g/mol. The van der Waals surface area contributed by atoms with Crippen LogP contribution in [-0.2, 0) is 6.61 Å². The second kappa shape index (κ2) is 8.65. The second-order valence-corrected chi connectivity index (χ2v) is 6.53. The first-order chi connectivity index (χ1) is 13.9. The maximum Gasteiger partial charge on any atom is 0.291 e. The number of nitro groups is 1. The molecule has 1 heterocycles. The van der Waals surface area contributed by atoms with Crippen LogP contribution in [0.4, 0.5) is 11.4 Å². The van der Waals surface area contributed by atoms with E-state index in [1.54, 1.807) is 18.2 Å². The molecule has 1 N–H and O–H groups in total. The number of rotatable bonds is 6. The molecule has 8 nitrogen and oxygen atoms in total. The lowest BCUT2D eigenvalue weighted by atomic mass is 10.1. The number of anilines is 1. The van der Waals surface area contributed by atoms with Crippen molar-refractivity contribution in [1.29, 1.82) is 5.26 Å². The van der Waals surface area contributed by atoms with E-state index in [0.717, 1.165) is 6.07 Å². The number of halogens is 2. The van der Waals surface area contributed by atoms with Gasteiger partial charge in [0.15, 0.2) is 5.76 Å². The van der Waals surface area contributed by atoms with E-state index in [4.69, 9.17) is 37.6 Å². The molecule has 1 aromatic heterocycles. The maximum atomic E-state index is 12.4. The monoisotopic (exact) mass is 431 g/mol. The molecule has 0 aliphatic heterocycles. The summed E-state index contributed by atoms with van der Waals surface area (Å²) >= 11 is 11.9. The molecule has 0 aliphatic rings. The molecule has 0 unspecified atom stereocenters. The SMILES string of the molecule is N#Cc1cc([N+](=O)[O-])ccc1NC(=O)c1ccc(COc2ccc(Cl)cc2Cl)o1. The first kappa shape index (κ1) is 20.2. The Bertz CT molecular complexity index is 1140. The topological polar surface area (TPSA) is 118 Å². The summed E-state index contributed by atoms with van der Waals surface area (Å²) < 4.78 is 11.0. The Balaban J connectivity index is 1.68. The van der Waals surface area contributed by atoms with Crippen molar-refractivity contribution in [1.82, 2.24) is 0 Å².